The molecule has 2 aliphatic rings. The number of amides is 3. The van der Waals surface area contributed by atoms with Crippen LogP contribution < -0.4 is 15.5 Å². The Kier molecular flexibility index (Phi) is 4.29. The van der Waals surface area contributed by atoms with Gasteiger partial charge in [-0.25, -0.2) is 9.78 Å². The Hall–Kier alpha value is -2.57. The average Bonchev–Trinajstić information content (AvgIpc) is 3.30. The Morgan fingerprint density at radius 1 is 1.16 bits per heavy atom. The van der Waals surface area contributed by atoms with E-state index in [4.69, 9.17) is 0 Å². The average molecular weight is 341 g/mol. The van der Waals surface area contributed by atoms with Crippen molar-refractivity contribution in [1.29, 1.82) is 0 Å². The number of carbonyl (C=O) groups is 2. The molecule has 2 N–H and O–H groups in total. The van der Waals surface area contributed by atoms with Crippen LogP contribution in [0.4, 0.5) is 10.7 Å². The molecule has 0 radical (unpaired) electrons. The SMILES string of the molecule is O=C(CCNC(=O)N1CCn2c1nc1ccccc12)NC1CCCC1. The van der Waals surface area contributed by atoms with Crippen LogP contribution in [0.3, 0.4) is 0 Å². The van der Waals surface area contributed by atoms with Crippen LogP contribution in [-0.4, -0.2) is 40.6 Å². The van der Waals surface area contributed by atoms with Crippen molar-refractivity contribution in [3.63, 3.8) is 0 Å². The number of hydrogen-bond acceptors (Lipinski definition) is 3. The number of para-hydroxylation sites is 2. The number of anilines is 1. The summed E-state index contributed by atoms with van der Waals surface area (Å²) in [6, 6.07) is 8.01. The van der Waals surface area contributed by atoms with E-state index in [1.54, 1.807) is 4.90 Å². The van der Waals surface area contributed by atoms with E-state index in [9.17, 15) is 9.59 Å². The summed E-state index contributed by atoms with van der Waals surface area (Å²) in [7, 11) is 0. The highest BCUT2D eigenvalue weighted by molar-refractivity contribution is 5.94. The summed E-state index contributed by atoms with van der Waals surface area (Å²) >= 11 is 0. The van der Waals surface area contributed by atoms with Crippen LogP contribution in [0.2, 0.25) is 0 Å². The Morgan fingerprint density at radius 3 is 2.80 bits per heavy atom. The van der Waals surface area contributed by atoms with Gasteiger partial charge in [0.05, 0.1) is 11.0 Å². The minimum atomic E-state index is -0.192. The fraction of sp³-hybridized carbons (Fsp3) is 0.500. The smallest absolute Gasteiger partial charge is 0.324 e. The first kappa shape index (κ1) is 15.9. The second-order valence-electron chi connectivity index (χ2n) is 6.73. The van der Waals surface area contributed by atoms with Crippen LogP contribution in [0.15, 0.2) is 24.3 Å². The molecule has 2 heterocycles. The van der Waals surface area contributed by atoms with E-state index in [1.807, 2.05) is 24.3 Å². The number of benzene rings is 1. The molecule has 7 nitrogen and oxygen atoms in total. The van der Waals surface area contributed by atoms with Gasteiger partial charge in [-0.1, -0.05) is 25.0 Å². The first-order valence-corrected chi connectivity index (χ1v) is 9.02. The van der Waals surface area contributed by atoms with Gasteiger partial charge < -0.3 is 15.2 Å². The molecular formula is C18H23N5O2. The Labute approximate surface area is 146 Å². The minimum Gasteiger partial charge on any atom is -0.353 e. The summed E-state index contributed by atoms with van der Waals surface area (Å²) in [5, 5.41) is 5.87. The number of nitrogens with one attached hydrogen (secondary N) is 2. The maximum absolute atomic E-state index is 12.4. The van der Waals surface area contributed by atoms with Gasteiger partial charge in [-0.2, -0.15) is 0 Å². The van der Waals surface area contributed by atoms with E-state index in [1.165, 1.54) is 12.8 Å². The second kappa shape index (κ2) is 6.74. The number of urea groups is 1. The van der Waals surface area contributed by atoms with Crippen LogP contribution in [-0.2, 0) is 11.3 Å². The van der Waals surface area contributed by atoms with Crippen LogP contribution >= 0.6 is 0 Å². The zero-order valence-corrected chi connectivity index (χ0v) is 14.2. The number of imidazole rings is 1. The lowest BCUT2D eigenvalue weighted by atomic mass is 10.2. The van der Waals surface area contributed by atoms with Crippen molar-refractivity contribution in [3.05, 3.63) is 24.3 Å². The van der Waals surface area contributed by atoms with E-state index in [2.05, 4.69) is 20.2 Å². The fourth-order valence-electron chi connectivity index (χ4n) is 3.73. The highest BCUT2D eigenvalue weighted by Gasteiger charge is 2.28. The van der Waals surface area contributed by atoms with E-state index in [0.717, 1.165) is 30.4 Å². The summed E-state index contributed by atoms with van der Waals surface area (Å²) in [5.74, 6) is 0.690. The molecule has 1 fully saturated rings. The summed E-state index contributed by atoms with van der Waals surface area (Å²) in [6.45, 7) is 1.69. The largest absolute Gasteiger partial charge is 0.353 e. The Morgan fingerprint density at radius 2 is 1.96 bits per heavy atom. The van der Waals surface area contributed by atoms with Gasteiger partial charge >= 0.3 is 6.03 Å². The zero-order chi connectivity index (χ0) is 17.2. The van der Waals surface area contributed by atoms with Crippen molar-refractivity contribution in [3.8, 4) is 0 Å². The molecule has 2 aromatic rings. The normalized spacial score (nSPS) is 17.0. The second-order valence-corrected chi connectivity index (χ2v) is 6.73. The third-order valence-corrected chi connectivity index (χ3v) is 5.02. The fourth-order valence-corrected chi connectivity index (χ4v) is 3.73. The molecule has 132 valence electrons. The molecule has 1 aromatic heterocycles. The number of nitrogens with zero attached hydrogens (tertiary/aromatic N) is 3. The van der Waals surface area contributed by atoms with Crippen molar-refractivity contribution in [2.24, 2.45) is 0 Å². The molecule has 4 rings (SSSR count). The van der Waals surface area contributed by atoms with Crippen LogP contribution in [0.5, 0.6) is 0 Å². The van der Waals surface area contributed by atoms with Gasteiger partial charge in [0, 0.05) is 32.1 Å². The lowest BCUT2D eigenvalue weighted by Crippen LogP contribution is -2.41. The summed E-state index contributed by atoms with van der Waals surface area (Å²) in [6.07, 6.45) is 4.84. The van der Waals surface area contributed by atoms with Gasteiger partial charge in [-0.15, -0.1) is 0 Å². The van der Waals surface area contributed by atoms with Gasteiger partial charge in [-0.3, -0.25) is 9.69 Å². The number of hydrogen-bond donors (Lipinski definition) is 2. The van der Waals surface area contributed by atoms with Gasteiger partial charge in [0.25, 0.3) is 0 Å². The monoisotopic (exact) mass is 341 g/mol. The van der Waals surface area contributed by atoms with Crippen LogP contribution in [0, 0.1) is 0 Å². The highest BCUT2D eigenvalue weighted by atomic mass is 16.2. The standard InChI is InChI=1S/C18H23N5O2/c24-16(20-13-5-1-2-6-13)9-10-19-18(25)23-12-11-22-15-8-4-3-7-14(15)21-17(22)23/h3-4,7-8,13H,1-2,5-6,9-12H2,(H,19,25)(H,20,24). The summed E-state index contributed by atoms with van der Waals surface area (Å²) < 4.78 is 2.06. The molecule has 1 aliphatic carbocycles. The van der Waals surface area contributed by atoms with Crippen LogP contribution in [0.1, 0.15) is 32.1 Å². The van der Waals surface area contributed by atoms with Gasteiger partial charge in [0.1, 0.15) is 0 Å². The molecule has 1 saturated carbocycles. The molecule has 1 aliphatic heterocycles. The Balaban J connectivity index is 1.31. The van der Waals surface area contributed by atoms with E-state index < -0.39 is 0 Å². The van der Waals surface area contributed by atoms with Gasteiger partial charge in [-0.05, 0) is 25.0 Å². The van der Waals surface area contributed by atoms with Crippen molar-refractivity contribution in [2.75, 3.05) is 18.0 Å². The van der Waals surface area contributed by atoms with E-state index in [0.29, 0.717) is 31.5 Å². The molecular weight excluding hydrogens is 318 g/mol. The lowest BCUT2D eigenvalue weighted by molar-refractivity contribution is -0.121. The third-order valence-electron chi connectivity index (χ3n) is 5.02. The van der Waals surface area contributed by atoms with Gasteiger partial charge in [0.2, 0.25) is 11.9 Å². The third kappa shape index (κ3) is 3.18. The van der Waals surface area contributed by atoms with E-state index >= 15 is 0 Å². The van der Waals surface area contributed by atoms with Crippen molar-refractivity contribution in [1.82, 2.24) is 20.2 Å². The Bertz CT molecular complexity index is 794. The maximum Gasteiger partial charge on any atom is 0.324 e. The van der Waals surface area contributed by atoms with Crippen molar-refractivity contribution < 1.29 is 9.59 Å². The minimum absolute atomic E-state index is 0.0147. The van der Waals surface area contributed by atoms with Crippen molar-refractivity contribution >= 4 is 28.9 Å². The molecule has 0 bridgehead atoms. The van der Waals surface area contributed by atoms with Gasteiger partial charge in [0.15, 0.2) is 0 Å². The van der Waals surface area contributed by atoms with Crippen molar-refractivity contribution in [2.45, 2.75) is 44.7 Å². The highest BCUT2D eigenvalue weighted by Crippen LogP contribution is 2.26. The molecule has 7 heteroatoms. The molecule has 25 heavy (non-hydrogen) atoms. The molecule has 0 atom stereocenters. The maximum atomic E-state index is 12.4. The molecule has 1 aromatic carbocycles. The quantitative estimate of drug-likeness (QED) is 0.893. The topological polar surface area (TPSA) is 79.3 Å². The van der Waals surface area contributed by atoms with E-state index in [-0.39, 0.29) is 11.9 Å². The molecule has 0 saturated heterocycles. The van der Waals surface area contributed by atoms with Crippen LogP contribution in [0.25, 0.3) is 11.0 Å². The summed E-state index contributed by atoms with van der Waals surface area (Å²) in [4.78, 5) is 30.6. The predicted octanol–water partition coefficient (Wildman–Crippen LogP) is 2.01. The number of rotatable bonds is 4. The summed E-state index contributed by atoms with van der Waals surface area (Å²) in [5.41, 5.74) is 1.94. The zero-order valence-electron chi connectivity index (χ0n) is 14.2. The molecule has 0 spiro atoms. The first-order chi connectivity index (χ1) is 12.2. The first-order valence-electron chi connectivity index (χ1n) is 9.02. The predicted molar refractivity (Wildman–Crippen MR) is 95.5 cm³/mol. The number of aromatic nitrogens is 2. The number of fused-ring (bicyclic) bond motifs is 3. The number of carbonyl (C=O) groups excluding carboxylic acids is 2. The molecule has 0 unspecified atom stereocenters. The molecule has 3 amide bonds. The lowest BCUT2D eigenvalue weighted by Gasteiger charge is -2.15.